The summed E-state index contributed by atoms with van der Waals surface area (Å²) in [6, 6.07) is 20.5. The highest BCUT2D eigenvalue weighted by molar-refractivity contribution is 6.00. The first-order valence-electron chi connectivity index (χ1n) is 11.0. The number of phenols is 2. The maximum atomic E-state index is 13.1. The topological polar surface area (TPSA) is 81.6 Å². The normalized spacial score (nSPS) is 20.8. The second-order valence-corrected chi connectivity index (χ2v) is 8.48. The van der Waals surface area contributed by atoms with Crippen molar-refractivity contribution >= 4 is 11.6 Å². The zero-order valence-corrected chi connectivity index (χ0v) is 17.7. The Morgan fingerprint density at radius 2 is 1.84 bits per heavy atom. The predicted octanol–water partition coefficient (Wildman–Crippen LogP) is 4.90. The summed E-state index contributed by atoms with van der Waals surface area (Å²) in [6.07, 6.45) is 6.02. The lowest BCUT2D eigenvalue weighted by molar-refractivity contribution is 0.0954. The van der Waals surface area contributed by atoms with Gasteiger partial charge in [-0.05, 0) is 48.1 Å². The van der Waals surface area contributed by atoms with Crippen LogP contribution in [0.1, 0.15) is 45.4 Å². The van der Waals surface area contributed by atoms with Crippen LogP contribution in [0.5, 0.6) is 11.5 Å². The number of hydrogen-bond acceptors (Lipinski definition) is 4. The minimum Gasteiger partial charge on any atom is -0.508 e. The van der Waals surface area contributed by atoms with E-state index in [0.717, 1.165) is 29.7 Å². The molecule has 3 aromatic rings. The molecule has 5 heteroatoms. The van der Waals surface area contributed by atoms with Crippen molar-refractivity contribution in [3.8, 4) is 11.5 Å². The van der Waals surface area contributed by atoms with Crippen LogP contribution in [0.4, 0.5) is 5.69 Å². The van der Waals surface area contributed by atoms with E-state index in [0.29, 0.717) is 12.1 Å². The van der Waals surface area contributed by atoms with E-state index < -0.39 is 0 Å². The number of nitrogens with one attached hydrogen (secondary N) is 2. The number of hydrogen-bond donors (Lipinski definition) is 4. The maximum Gasteiger partial charge on any atom is 0.253 e. The predicted molar refractivity (Wildman–Crippen MR) is 125 cm³/mol. The third-order valence-corrected chi connectivity index (χ3v) is 6.53. The number of anilines is 1. The molecule has 0 radical (unpaired) electrons. The first-order chi connectivity index (χ1) is 15.6. The highest BCUT2D eigenvalue weighted by atomic mass is 16.3. The van der Waals surface area contributed by atoms with Gasteiger partial charge in [-0.3, -0.25) is 4.79 Å². The first-order valence-corrected chi connectivity index (χ1v) is 11.0. The molecule has 1 heterocycles. The summed E-state index contributed by atoms with van der Waals surface area (Å²) >= 11 is 0. The Kier molecular flexibility index (Phi) is 5.31. The molecule has 3 unspecified atom stereocenters. The second-order valence-electron chi connectivity index (χ2n) is 8.48. The molecule has 1 aliphatic carbocycles. The van der Waals surface area contributed by atoms with Crippen molar-refractivity contribution in [3.05, 3.63) is 101 Å². The van der Waals surface area contributed by atoms with E-state index in [1.165, 1.54) is 11.6 Å². The fourth-order valence-corrected chi connectivity index (χ4v) is 4.97. The summed E-state index contributed by atoms with van der Waals surface area (Å²) in [5.74, 6) is 0.374. The molecule has 2 aliphatic rings. The molecule has 0 fully saturated rings. The van der Waals surface area contributed by atoms with Crippen LogP contribution < -0.4 is 10.6 Å². The largest absolute Gasteiger partial charge is 0.508 e. The van der Waals surface area contributed by atoms with Crippen LogP contribution >= 0.6 is 0 Å². The standard InChI is InChI=1S/C27H26N2O3/c30-18-12-13-22(24(31)16-18)25-20-9-4-8-19(20)21-10-5-11-23(26(21)29-25)27(32)28-15-14-17-6-2-1-3-7-17/h1-8,10-13,16,19-20,25,29-31H,9,14-15H2,(H,28,32). The number of rotatable bonds is 5. The molecule has 1 amide bonds. The van der Waals surface area contributed by atoms with E-state index in [-0.39, 0.29) is 35.3 Å². The quantitative estimate of drug-likeness (QED) is 0.438. The van der Waals surface area contributed by atoms with Crippen LogP contribution in [0.25, 0.3) is 0 Å². The fraction of sp³-hybridized carbons (Fsp3) is 0.222. The van der Waals surface area contributed by atoms with E-state index in [2.05, 4.69) is 41.0 Å². The Bertz CT molecular complexity index is 1170. The van der Waals surface area contributed by atoms with Crippen molar-refractivity contribution in [2.24, 2.45) is 5.92 Å². The van der Waals surface area contributed by atoms with Gasteiger partial charge in [0.05, 0.1) is 17.3 Å². The van der Waals surface area contributed by atoms with Gasteiger partial charge in [-0.15, -0.1) is 0 Å². The molecule has 0 aromatic heterocycles. The van der Waals surface area contributed by atoms with Gasteiger partial charge < -0.3 is 20.8 Å². The summed E-state index contributed by atoms with van der Waals surface area (Å²) in [4.78, 5) is 13.1. The van der Waals surface area contributed by atoms with Crippen LogP contribution in [0.15, 0.2) is 78.9 Å². The number of amides is 1. The minimum absolute atomic E-state index is 0.0297. The molecule has 1 aliphatic heterocycles. The molecule has 32 heavy (non-hydrogen) atoms. The highest BCUT2D eigenvalue weighted by Crippen LogP contribution is 2.52. The fourth-order valence-electron chi connectivity index (χ4n) is 4.97. The van der Waals surface area contributed by atoms with Crippen molar-refractivity contribution in [1.82, 2.24) is 5.32 Å². The van der Waals surface area contributed by atoms with Crippen LogP contribution in [0, 0.1) is 5.92 Å². The lowest BCUT2D eigenvalue weighted by atomic mass is 9.76. The van der Waals surface area contributed by atoms with Gasteiger partial charge >= 0.3 is 0 Å². The molecule has 0 bridgehead atoms. The van der Waals surface area contributed by atoms with Crippen LogP contribution in [-0.2, 0) is 6.42 Å². The van der Waals surface area contributed by atoms with Gasteiger partial charge in [0.2, 0.25) is 0 Å². The first kappa shape index (κ1) is 20.2. The third kappa shape index (κ3) is 3.71. The number of para-hydroxylation sites is 1. The summed E-state index contributed by atoms with van der Waals surface area (Å²) in [5, 5.41) is 26.8. The lowest BCUT2D eigenvalue weighted by Crippen LogP contribution is -2.32. The van der Waals surface area contributed by atoms with Gasteiger partial charge in [-0.25, -0.2) is 0 Å². The number of benzene rings is 3. The average molecular weight is 427 g/mol. The number of fused-ring (bicyclic) bond motifs is 3. The molecule has 0 saturated carbocycles. The zero-order valence-electron chi connectivity index (χ0n) is 17.7. The van der Waals surface area contributed by atoms with Crippen LogP contribution in [-0.4, -0.2) is 22.7 Å². The summed E-state index contributed by atoms with van der Waals surface area (Å²) in [7, 11) is 0. The third-order valence-electron chi connectivity index (χ3n) is 6.53. The van der Waals surface area contributed by atoms with Gasteiger partial charge in [0, 0.05) is 24.1 Å². The van der Waals surface area contributed by atoms with Crippen LogP contribution in [0.2, 0.25) is 0 Å². The molecule has 5 rings (SSSR count). The number of carbonyl (C=O) groups is 1. The molecule has 3 atom stereocenters. The van der Waals surface area contributed by atoms with Crippen molar-refractivity contribution in [1.29, 1.82) is 0 Å². The van der Waals surface area contributed by atoms with Gasteiger partial charge in [0.15, 0.2) is 0 Å². The smallest absolute Gasteiger partial charge is 0.253 e. The highest BCUT2D eigenvalue weighted by Gasteiger charge is 2.40. The summed E-state index contributed by atoms with van der Waals surface area (Å²) < 4.78 is 0. The van der Waals surface area contributed by atoms with Crippen molar-refractivity contribution in [3.63, 3.8) is 0 Å². The number of allylic oxidation sites excluding steroid dienone is 2. The van der Waals surface area contributed by atoms with E-state index in [9.17, 15) is 15.0 Å². The van der Waals surface area contributed by atoms with E-state index in [1.54, 1.807) is 12.1 Å². The molecule has 4 N–H and O–H groups in total. The van der Waals surface area contributed by atoms with Crippen LogP contribution in [0.3, 0.4) is 0 Å². The Balaban J connectivity index is 1.42. The number of phenolic OH excluding ortho intramolecular Hbond substituents is 2. The number of aromatic hydroxyl groups is 2. The molecule has 162 valence electrons. The van der Waals surface area contributed by atoms with Gasteiger partial charge in [-0.2, -0.15) is 0 Å². The number of carbonyl (C=O) groups excluding carboxylic acids is 1. The Labute approximate surface area is 187 Å². The molecule has 5 nitrogen and oxygen atoms in total. The van der Waals surface area contributed by atoms with Gasteiger partial charge in [0.25, 0.3) is 5.91 Å². The van der Waals surface area contributed by atoms with Crippen molar-refractivity contribution in [2.45, 2.75) is 24.8 Å². The average Bonchev–Trinajstić information content (AvgIpc) is 3.29. The molecular weight excluding hydrogens is 400 g/mol. The molecule has 0 saturated heterocycles. The molecule has 3 aromatic carbocycles. The Hall–Kier alpha value is -3.73. The van der Waals surface area contributed by atoms with Crippen molar-refractivity contribution < 1.29 is 15.0 Å². The lowest BCUT2D eigenvalue weighted by Gasteiger charge is -2.38. The summed E-state index contributed by atoms with van der Waals surface area (Å²) in [5.41, 5.74) is 4.44. The zero-order chi connectivity index (χ0) is 22.1. The van der Waals surface area contributed by atoms with Gasteiger partial charge in [-0.1, -0.05) is 54.6 Å². The van der Waals surface area contributed by atoms with E-state index in [4.69, 9.17) is 0 Å². The van der Waals surface area contributed by atoms with Crippen molar-refractivity contribution in [2.75, 3.05) is 11.9 Å². The van der Waals surface area contributed by atoms with E-state index >= 15 is 0 Å². The Morgan fingerprint density at radius 1 is 1.00 bits per heavy atom. The Morgan fingerprint density at radius 3 is 2.66 bits per heavy atom. The van der Waals surface area contributed by atoms with E-state index in [1.807, 2.05) is 30.3 Å². The van der Waals surface area contributed by atoms with Gasteiger partial charge in [0.1, 0.15) is 11.5 Å². The monoisotopic (exact) mass is 426 g/mol. The maximum absolute atomic E-state index is 13.1. The summed E-state index contributed by atoms with van der Waals surface area (Å²) in [6.45, 7) is 0.556. The molecule has 0 spiro atoms. The SMILES string of the molecule is O=C(NCCc1ccccc1)c1cccc2c1NC(c1ccc(O)cc1O)C1CC=CC21. The second kappa shape index (κ2) is 8.42. The molecular formula is C27H26N2O3. The minimum atomic E-state index is -0.165.